The van der Waals surface area contributed by atoms with E-state index in [1.54, 1.807) is 0 Å². The van der Waals surface area contributed by atoms with Crippen LogP contribution < -0.4 is 5.32 Å². The zero-order valence-electron chi connectivity index (χ0n) is 13.1. The molecule has 106 valence electrons. The van der Waals surface area contributed by atoms with Crippen molar-refractivity contribution in [2.24, 2.45) is 5.41 Å². The van der Waals surface area contributed by atoms with Gasteiger partial charge in [-0.05, 0) is 56.1 Å². The van der Waals surface area contributed by atoms with Crippen molar-refractivity contribution in [1.82, 2.24) is 5.32 Å². The summed E-state index contributed by atoms with van der Waals surface area (Å²) in [5.74, 6) is 0. The zero-order chi connectivity index (χ0) is 13.9. The molecular weight excluding hydrogens is 230 g/mol. The van der Waals surface area contributed by atoms with E-state index in [1.165, 1.54) is 55.3 Å². The van der Waals surface area contributed by atoms with E-state index in [9.17, 15) is 0 Å². The van der Waals surface area contributed by atoms with Crippen molar-refractivity contribution in [3.63, 3.8) is 0 Å². The summed E-state index contributed by atoms with van der Waals surface area (Å²) in [5.41, 5.74) is 4.76. The first-order chi connectivity index (χ1) is 9.02. The van der Waals surface area contributed by atoms with Crippen LogP contribution in [0, 0.1) is 19.3 Å². The number of nitrogens with one attached hydrogen (secondary N) is 1. The second kappa shape index (κ2) is 6.09. The Morgan fingerprint density at radius 3 is 2.63 bits per heavy atom. The molecule has 1 atom stereocenters. The highest BCUT2D eigenvalue weighted by molar-refractivity contribution is 5.31. The molecule has 1 heteroatoms. The molecule has 0 bridgehead atoms. The highest BCUT2D eigenvalue weighted by Crippen LogP contribution is 2.31. The smallest absolute Gasteiger partial charge is 0.00684 e. The number of benzene rings is 1. The van der Waals surface area contributed by atoms with Crippen LogP contribution in [0.4, 0.5) is 0 Å². The van der Waals surface area contributed by atoms with E-state index in [1.807, 2.05) is 0 Å². The van der Waals surface area contributed by atoms with Crippen molar-refractivity contribution < 1.29 is 0 Å². The van der Waals surface area contributed by atoms with Gasteiger partial charge in [0.25, 0.3) is 0 Å². The fraction of sp³-hybridized carbons (Fsp3) is 0.667. The molecule has 0 radical (unpaired) electrons. The Bertz CT molecular complexity index is 420. The van der Waals surface area contributed by atoms with Gasteiger partial charge in [0.1, 0.15) is 0 Å². The monoisotopic (exact) mass is 259 g/mol. The molecule has 0 spiro atoms. The molecule has 1 aromatic carbocycles. The third kappa shape index (κ3) is 4.35. The van der Waals surface area contributed by atoms with E-state index in [2.05, 4.69) is 51.2 Å². The predicted molar refractivity (Wildman–Crippen MR) is 83.7 cm³/mol. The first kappa shape index (κ1) is 14.6. The highest BCUT2D eigenvalue weighted by Gasteiger charge is 2.28. The summed E-state index contributed by atoms with van der Waals surface area (Å²) in [6.07, 6.45) is 6.54. The fourth-order valence-electron chi connectivity index (χ4n) is 2.97. The maximum atomic E-state index is 3.74. The molecule has 0 amide bonds. The van der Waals surface area contributed by atoms with Gasteiger partial charge in [-0.1, -0.05) is 44.0 Å². The lowest BCUT2D eigenvalue weighted by molar-refractivity contribution is 0.273. The Morgan fingerprint density at radius 1 is 1.26 bits per heavy atom. The molecule has 0 aliphatic heterocycles. The van der Waals surface area contributed by atoms with Crippen molar-refractivity contribution >= 4 is 0 Å². The summed E-state index contributed by atoms with van der Waals surface area (Å²) in [5, 5.41) is 3.74. The van der Waals surface area contributed by atoms with Crippen LogP contribution in [0.2, 0.25) is 0 Å². The molecular formula is C18H29N. The SMILES string of the molecule is CCCC(C)(CNC1CC1)Cc1cc(C)ccc1C. The van der Waals surface area contributed by atoms with Gasteiger partial charge >= 0.3 is 0 Å². The maximum absolute atomic E-state index is 3.74. The number of hydrogen-bond donors (Lipinski definition) is 1. The van der Waals surface area contributed by atoms with Crippen LogP contribution in [0.5, 0.6) is 0 Å². The Kier molecular flexibility index (Phi) is 4.67. The fourth-order valence-corrected chi connectivity index (χ4v) is 2.97. The summed E-state index contributed by atoms with van der Waals surface area (Å²) in [6.45, 7) is 10.4. The van der Waals surface area contributed by atoms with Gasteiger partial charge in [0.2, 0.25) is 0 Å². The van der Waals surface area contributed by atoms with Crippen LogP contribution >= 0.6 is 0 Å². The van der Waals surface area contributed by atoms with E-state index in [0.29, 0.717) is 5.41 Å². The summed E-state index contributed by atoms with van der Waals surface area (Å²) < 4.78 is 0. The average molecular weight is 259 g/mol. The maximum Gasteiger partial charge on any atom is 0.00684 e. The van der Waals surface area contributed by atoms with Gasteiger partial charge in [0.05, 0.1) is 0 Å². The average Bonchev–Trinajstić information content (AvgIpc) is 3.16. The molecule has 1 aromatic rings. The Morgan fingerprint density at radius 2 is 2.00 bits per heavy atom. The normalized spacial score (nSPS) is 18.3. The van der Waals surface area contributed by atoms with Gasteiger partial charge in [0.15, 0.2) is 0 Å². The van der Waals surface area contributed by atoms with Crippen molar-refractivity contribution in [2.75, 3.05) is 6.54 Å². The quantitative estimate of drug-likeness (QED) is 0.765. The summed E-state index contributed by atoms with van der Waals surface area (Å²) in [6, 6.07) is 7.68. The first-order valence-electron chi connectivity index (χ1n) is 7.82. The molecule has 0 aromatic heterocycles. The molecule has 1 aliphatic carbocycles. The summed E-state index contributed by atoms with van der Waals surface area (Å²) >= 11 is 0. The van der Waals surface area contributed by atoms with E-state index in [4.69, 9.17) is 0 Å². The van der Waals surface area contributed by atoms with Crippen LogP contribution in [-0.4, -0.2) is 12.6 Å². The zero-order valence-corrected chi connectivity index (χ0v) is 13.1. The van der Waals surface area contributed by atoms with Gasteiger partial charge in [-0.3, -0.25) is 0 Å². The molecule has 1 aliphatic rings. The van der Waals surface area contributed by atoms with Crippen LogP contribution in [0.1, 0.15) is 56.2 Å². The van der Waals surface area contributed by atoms with Crippen molar-refractivity contribution in [3.8, 4) is 0 Å². The second-order valence-corrected chi connectivity index (χ2v) is 6.82. The lowest BCUT2D eigenvalue weighted by Gasteiger charge is -2.31. The minimum absolute atomic E-state index is 0.399. The predicted octanol–water partition coefficient (Wildman–Crippen LogP) is 4.40. The van der Waals surface area contributed by atoms with Crippen LogP contribution in [-0.2, 0) is 6.42 Å². The number of aryl methyl sites for hydroxylation is 2. The first-order valence-corrected chi connectivity index (χ1v) is 7.82. The summed E-state index contributed by atoms with van der Waals surface area (Å²) in [7, 11) is 0. The molecule has 0 saturated heterocycles. The molecule has 1 saturated carbocycles. The van der Waals surface area contributed by atoms with Crippen LogP contribution in [0.15, 0.2) is 18.2 Å². The molecule has 2 rings (SSSR count). The van der Waals surface area contributed by atoms with Gasteiger partial charge in [-0.15, -0.1) is 0 Å². The van der Waals surface area contributed by atoms with Crippen molar-refractivity contribution in [1.29, 1.82) is 0 Å². The number of hydrogen-bond acceptors (Lipinski definition) is 1. The standard InChI is InChI=1S/C18H29N/c1-5-10-18(4,13-19-17-8-9-17)12-16-11-14(2)6-7-15(16)3/h6-7,11,17,19H,5,8-10,12-13H2,1-4H3. The molecule has 1 nitrogen and oxygen atoms in total. The Hall–Kier alpha value is -0.820. The Labute approximate surface area is 118 Å². The largest absolute Gasteiger partial charge is 0.313 e. The highest BCUT2D eigenvalue weighted by atomic mass is 15.0. The molecule has 0 heterocycles. The van der Waals surface area contributed by atoms with Crippen LogP contribution in [0.3, 0.4) is 0 Å². The second-order valence-electron chi connectivity index (χ2n) is 6.82. The van der Waals surface area contributed by atoms with E-state index < -0.39 is 0 Å². The van der Waals surface area contributed by atoms with Gasteiger partial charge < -0.3 is 5.32 Å². The molecule has 19 heavy (non-hydrogen) atoms. The van der Waals surface area contributed by atoms with E-state index in [0.717, 1.165) is 6.04 Å². The third-order valence-corrected chi connectivity index (χ3v) is 4.37. The Balaban J connectivity index is 2.06. The molecule has 1 fully saturated rings. The van der Waals surface area contributed by atoms with E-state index >= 15 is 0 Å². The third-order valence-electron chi connectivity index (χ3n) is 4.37. The lowest BCUT2D eigenvalue weighted by atomic mass is 9.78. The van der Waals surface area contributed by atoms with Crippen molar-refractivity contribution in [2.45, 2.75) is 65.8 Å². The summed E-state index contributed by atoms with van der Waals surface area (Å²) in [4.78, 5) is 0. The van der Waals surface area contributed by atoms with E-state index in [-0.39, 0.29) is 0 Å². The van der Waals surface area contributed by atoms with Gasteiger partial charge in [-0.25, -0.2) is 0 Å². The molecule has 1 unspecified atom stereocenters. The van der Waals surface area contributed by atoms with Crippen LogP contribution in [0.25, 0.3) is 0 Å². The van der Waals surface area contributed by atoms with Gasteiger partial charge in [0, 0.05) is 12.6 Å². The lowest BCUT2D eigenvalue weighted by Crippen LogP contribution is -2.35. The van der Waals surface area contributed by atoms with Gasteiger partial charge in [-0.2, -0.15) is 0 Å². The number of rotatable bonds is 7. The minimum atomic E-state index is 0.399. The minimum Gasteiger partial charge on any atom is -0.313 e. The molecule has 1 N–H and O–H groups in total. The topological polar surface area (TPSA) is 12.0 Å². The van der Waals surface area contributed by atoms with Crippen molar-refractivity contribution in [3.05, 3.63) is 34.9 Å².